The lowest BCUT2D eigenvalue weighted by atomic mass is 9.47. The van der Waals surface area contributed by atoms with Gasteiger partial charge in [0, 0.05) is 31.6 Å². The number of piperidine rings is 1. The van der Waals surface area contributed by atoms with Crippen molar-refractivity contribution in [2.24, 2.45) is 5.92 Å². The Labute approximate surface area is 237 Å². The third-order valence-corrected chi connectivity index (χ3v) is 10.8. The van der Waals surface area contributed by atoms with Gasteiger partial charge in [0.05, 0.1) is 11.5 Å². The molecule has 6 nitrogen and oxygen atoms in total. The Morgan fingerprint density at radius 1 is 1.13 bits per heavy atom. The number of carbonyl (C=O) groups is 1. The van der Waals surface area contributed by atoms with E-state index in [2.05, 4.69) is 36.9 Å². The number of rotatable bonds is 6. The molecule has 2 heterocycles. The van der Waals surface area contributed by atoms with Crippen molar-refractivity contribution in [1.29, 1.82) is 0 Å². The second kappa shape index (κ2) is 9.39. The van der Waals surface area contributed by atoms with Crippen molar-refractivity contribution >= 4 is 18.3 Å². The van der Waals surface area contributed by atoms with Crippen molar-refractivity contribution in [2.45, 2.75) is 94.4 Å². The number of aromatic hydroxyl groups is 1. The molecule has 2 bridgehead atoms. The average Bonchev–Trinajstić information content (AvgIpc) is 3.64. The Morgan fingerprint density at radius 3 is 2.67 bits per heavy atom. The molecule has 2 aliphatic heterocycles. The smallest absolute Gasteiger partial charge is 0.222 e. The van der Waals surface area contributed by atoms with Crippen molar-refractivity contribution in [1.82, 2.24) is 9.80 Å². The fraction of sp³-hybridized carbons (Fsp3) is 0.594. The molecule has 1 spiro atoms. The van der Waals surface area contributed by atoms with Gasteiger partial charge < -0.3 is 19.8 Å². The first-order valence-electron chi connectivity index (χ1n) is 14.5. The predicted molar refractivity (Wildman–Crippen MR) is 153 cm³/mol. The maximum absolute atomic E-state index is 13.7. The average molecular weight is 553 g/mol. The van der Waals surface area contributed by atoms with E-state index < -0.39 is 11.0 Å². The molecule has 39 heavy (non-hydrogen) atoms. The van der Waals surface area contributed by atoms with Gasteiger partial charge >= 0.3 is 0 Å². The highest BCUT2D eigenvalue weighted by atomic mass is 35.5. The van der Waals surface area contributed by atoms with E-state index in [9.17, 15) is 15.0 Å². The summed E-state index contributed by atoms with van der Waals surface area (Å²) in [6.07, 6.45) is 6.49. The number of hydrogen-bond donors (Lipinski definition) is 2. The summed E-state index contributed by atoms with van der Waals surface area (Å²) in [5.74, 6) is 1.55. The van der Waals surface area contributed by atoms with Crippen LogP contribution in [0.15, 0.2) is 30.3 Å². The van der Waals surface area contributed by atoms with Crippen LogP contribution >= 0.6 is 12.4 Å². The lowest BCUT2D eigenvalue weighted by molar-refractivity contribution is -0.218. The molecular weight excluding hydrogens is 512 g/mol. The quantitative estimate of drug-likeness (QED) is 0.554. The van der Waals surface area contributed by atoms with Crippen LogP contribution in [0.4, 0.5) is 0 Å². The van der Waals surface area contributed by atoms with Crippen LogP contribution in [0.3, 0.4) is 0 Å². The fourth-order valence-corrected chi connectivity index (χ4v) is 8.54. The number of ether oxygens (including phenoxy) is 1. The Kier molecular flexibility index (Phi) is 6.48. The summed E-state index contributed by atoms with van der Waals surface area (Å²) in [4.78, 5) is 18.1. The summed E-state index contributed by atoms with van der Waals surface area (Å²) in [7, 11) is 1.90. The van der Waals surface area contributed by atoms with E-state index in [1.165, 1.54) is 35.1 Å². The second-order valence-electron chi connectivity index (χ2n) is 12.8. The van der Waals surface area contributed by atoms with Crippen molar-refractivity contribution < 1.29 is 19.7 Å². The van der Waals surface area contributed by atoms with E-state index in [-0.39, 0.29) is 42.3 Å². The maximum atomic E-state index is 13.7. The van der Waals surface area contributed by atoms with Gasteiger partial charge in [-0.1, -0.05) is 24.3 Å². The minimum Gasteiger partial charge on any atom is -0.504 e. The summed E-state index contributed by atoms with van der Waals surface area (Å²) >= 11 is 0. The van der Waals surface area contributed by atoms with E-state index in [4.69, 9.17) is 4.74 Å². The third kappa shape index (κ3) is 3.78. The van der Waals surface area contributed by atoms with Crippen LogP contribution in [0.2, 0.25) is 0 Å². The second-order valence-corrected chi connectivity index (χ2v) is 12.8. The van der Waals surface area contributed by atoms with E-state index in [0.29, 0.717) is 25.0 Å². The Hall–Kier alpha value is -2.28. The molecule has 2 N–H and O–H groups in total. The number of phenolic OH excluding ortho intramolecular Hbond substituents is 1. The largest absolute Gasteiger partial charge is 0.504 e. The van der Waals surface area contributed by atoms with E-state index in [1.54, 1.807) is 6.07 Å². The van der Waals surface area contributed by atoms with Crippen LogP contribution in [-0.4, -0.2) is 69.8 Å². The minimum absolute atomic E-state index is 0. The predicted octanol–water partition coefficient (Wildman–Crippen LogP) is 4.45. The highest BCUT2D eigenvalue weighted by molar-refractivity contribution is 5.85. The number of aryl methyl sites for hydroxylation is 3. The maximum Gasteiger partial charge on any atom is 0.222 e. The van der Waals surface area contributed by atoms with Crippen LogP contribution in [0, 0.1) is 19.8 Å². The van der Waals surface area contributed by atoms with Crippen molar-refractivity contribution in [3.05, 3.63) is 58.1 Å². The monoisotopic (exact) mass is 552 g/mol. The number of halogens is 1. The standard InChI is InChI=1S/C32H40N2O4.ClH/c1-19-4-5-21(16-20(19)2)8-13-28(36)33(3)25-11-12-27-31-14-15-34(18-22-6-7-22)26(32(25,31)37)17-23-9-10-24(35)30(38-27)29(23)31;/h4-5,9-10,16,22,25-27,35,37H,6-8,11-15,17-18H2,1-3H3;1H/t25?,26-,27?,31-,32-;/m1./s1. The highest BCUT2D eigenvalue weighted by Gasteiger charge is 2.74. The normalized spacial score (nSPS) is 32.2. The first-order valence-corrected chi connectivity index (χ1v) is 14.5. The SMILES string of the molecule is Cc1ccc(CCC(=O)N(C)C2CCC3Oc4c(O)ccc5c4[C@@]34CCN(CC3CC3)[C@H](C5)[C@]24O)cc1C.Cl. The number of carbonyl (C=O) groups excluding carboxylic acids is 1. The molecule has 3 fully saturated rings. The zero-order valence-corrected chi connectivity index (χ0v) is 24.1. The van der Waals surface area contributed by atoms with Crippen molar-refractivity contribution in [2.75, 3.05) is 20.1 Å². The first kappa shape index (κ1) is 26.9. The summed E-state index contributed by atoms with van der Waals surface area (Å²) in [6.45, 7) is 6.17. The van der Waals surface area contributed by atoms with Gasteiger partial charge in [-0.25, -0.2) is 0 Å². The van der Waals surface area contributed by atoms with Gasteiger partial charge in [-0.2, -0.15) is 0 Å². The van der Waals surface area contributed by atoms with Gasteiger partial charge in [-0.15, -0.1) is 12.4 Å². The van der Waals surface area contributed by atoms with Gasteiger partial charge in [-0.05, 0) is 99.6 Å². The zero-order valence-electron chi connectivity index (χ0n) is 23.3. The molecule has 2 aromatic carbocycles. The Balaban J connectivity index is 0.00000277. The molecule has 7 heteroatoms. The lowest BCUT2D eigenvalue weighted by Gasteiger charge is -2.66. The Morgan fingerprint density at radius 2 is 1.92 bits per heavy atom. The molecular formula is C32H41ClN2O4. The molecule has 5 atom stereocenters. The molecule has 2 aromatic rings. The van der Waals surface area contributed by atoms with Gasteiger partial charge in [0.1, 0.15) is 11.7 Å². The van der Waals surface area contributed by atoms with Crippen LogP contribution in [-0.2, 0) is 23.1 Å². The molecule has 3 aliphatic carbocycles. The number of likely N-dealkylation sites (tertiary alicyclic amines) is 1. The summed E-state index contributed by atoms with van der Waals surface area (Å²) in [6, 6.07) is 9.88. The fourth-order valence-electron chi connectivity index (χ4n) is 8.54. The summed E-state index contributed by atoms with van der Waals surface area (Å²) in [5, 5.41) is 23.9. The van der Waals surface area contributed by atoms with Gasteiger partial charge in [0.2, 0.25) is 5.91 Å². The zero-order chi connectivity index (χ0) is 26.4. The molecule has 210 valence electrons. The van der Waals surface area contributed by atoms with E-state index in [1.807, 2.05) is 18.0 Å². The summed E-state index contributed by atoms with van der Waals surface area (Å²) < 4.78 is 6.49. The van der Waals surface area contributed by atoms with Gasteiger partial charge in [-0.3, -0.25) is 9.69 Å². The number of likely N-dealkylation sites (N-methyl/N-ethyl adjacent to an activating group) is 1. The lowest BCUT2D eigenvalue weighted by Crippen LogP contribution is -2.81. The Bertz CT molecular complexity index is 1310. The van der Waals surface area contributed by atoms with Crippen LogP contribution in [0.1, 0.15) is 66.3 Å². The number of benzene rings is 2. The molecule has 1 amide bonds. The minimum atomic E-state index is -1.13. The van der Waals surface area contributed by atoms with Gasteiger partial charge in [0.15, 0.2) is 11.5 Å². The van der Waals surface area contributed by atoms with Gasteiger partial charge in [0.25, 0.3) is 0 Å². The highest BCUT2D eigenvalue weighted by Crippen LogP contribution is 2.66. The molecule has 1 saturated heterocycles. The van der Waals surface area contributed by atoms with Crippen LogP contribution in [0.25, 0.3) is 0 Å². The van der Waals surface area contributed by atoms with E-state index in [0.717, 1.165) is 43.8 Å². The molecule has 2 unspecified atom stereocenters. The topological polar surface area (TPSA) is 73.2 Å². The molecule has 2 saturated carbocycles. The van der Waals surface area contributed by atoms with Crippen molar-refractivity contribution in [3.63, 3.8) is 0 Å². The van der Waals surface area contributed by atoms with Crippen LogP contribution in [0.5, 0.6) is 11.5 Å². The van der Waals surface area contributed by atoms with Crippen LogP contribution < -0.4 is 4.74 Å². The molecule has 0 aromatic heterocycles. The van der Waals surface area contributed by atoms with Crippen molar-refractivity contribution in [3.8, 4) is 11.5 Å². The number of nitrogens with zero attached hydrogens (tertiary/aromatic N) is 2. The number of hydrogen-bond acceptors (Lipinski definition) is 5. The first-order chi connectivity index (χ1) is 18.2. The molecule has 7 rings (SSSR count). The number of amides is 1. The molecule has 0 radical (unpaired) electrons. The number of phenols is 1. The number of aliphatic hydroxyl groups is 1. The third-order valence-electron chi connectivity index (χ3n) is 10.8. The summed E-state index contributed by atoms with van der Waals surface area (Å²) in [5.41, 5.74) is 4.19. The molecule has 5 aliphatic rings. The van der Waals surface area contributed by atoms with E-state index >= 15 is 0 Å².